The molecule has 1 aliphatic rings. The first-order valence-corrected chi connectivity index (χ1v) is 7.30. The number of nitrogens with zero attached hydrogens (tertiary/aromatic N) is 2. The van der Waals surface area contributed by atoms with E-state index in [1.54, 1.807) is 0 Å². The third kappa shape index (κ3) is 4.32. The molecule has 1 aromatic rings. The van der Waals surface area contributed by atoms with E-state index < -0.39 is 0 Å². The normalized spacial score (nSPS) is 19.9. The lowest BCUT2D eigenvalue weighted by molar-refractivity contribution is -0.131. The fourth-order valence-corrected chi connectivity index (χ4v) is 2.52. The number of nitrogens with one attached hydrogen (secondary N) is 1. The average Bonchev–Trinajstić information content (AvgIpc) is 2.41. The minimum atomic E-state index is 0.194. The van der Waals surface area contributed by atoms with Crippen molar-refractivity contribution >= 4 is 5.91 Å². The van der Waals surface area contributed by atoms with E-state index in [0.717, 1.165) is 19.6 Å². The Morgan fingerprint density at radius 3 is 2.75 bits per heavy atom. The summed E-state index contributed by atoms with van der Waals surface area (Å²) >= 11 is 0. The lowest BCUT2D eigenvalue weighted by Crippen LogP contribution is -2.51. The Kier molecular flexibility index (Phi) is 5.15. The van der Waals surface area contributed by atoms with E-state index in [0.29, 0.717) is 19.1 Å². The van der Waals surface area contributed by atoms with Crippen LogP contribution >= 0.6 is 0 Å². The van der Waals surface area contributed by atoms with Gasteiger partial charge in [-0.2, -0.15) is 0 Å². The summed E-state index contributed by atoms with van der Waals surface area (Å²) in [4.78, 5) is 16.3. The Morgan fingerprint density at radius 2 is 2.10 bits per heavy atom. The van der Waals surface area contributed by atoms with Crippen molar-refractivity contribution < 1.29 is 4.79 Å². The number of amides is 1. The summed E-state index contributed by atoms with van der Waals surface area (Å²) in [5.41, 5.74) is 2.43. The fourth-order valence-electron chi connectivity index (χ4n) is 2.52. The average molecular weight is 275 g/mol. The number of benzene rings is 1. The molecule has 110 valence electrons. The molecule has 1 aliphatic heterocycles. The maximum absolute atomic E-state index is 12.3. The Hall–Kier alpha value is -1.39. The highest BCUT2D eigenvalue weighted by Gasteiger charge is 2.19. The molecule has 0 aliphatic carbocycles. The molecule has 2 rings (SSSR count). The molecule has 1 saturated heterocycles. The van der Waals surface area contributed by atoms with Crippen LogP contribution < -0.4 is 5.32 Å². The van der Waals surface area contributed by atoms with Gasteiger partial charge in [0.05, 0.1) is 6.54 Å². The Morgan fingerprint density at radius 1 is 1.40 bits per heavy atom. The van der Waals surface area contributed by atoms with Crippen LogP contribution in [0.15, 0.2) is 24.3 Å². The molecule has 1 unspecified atom stereocenters. The van der Waals surface area contributed by atoms with E-state index in [2.05, 4.69) is 48.3 Å². The maximum Gasteiger partial charge on any atom is 0.236 e. The van der Waals surface area contributed by atoms with Crippen LogP contribution in [0.2, 0.25) is 0 Å². The predicted molar refractivity (Wildman–Crippen MR) is 81.6 cm³/mol. The van der Waals surface area contributed by atoms with Crippen LogP contribution in [0.4, 0.5) is 0 Å². The van der Waals surface area contributed by atoms with Gasteiger partial charge >= 0.3 is 0 Å². The number of aryl methyl sites for hydroxylation is 1. The Balaban J connectivity index is 1.83. The Labute approximate surface area is 121 Å². The molecule has 1 N–H and O–H groups in total. The van der Waals surface area contributed by atoms with Crippen LogP contribution in [-0.4, -0.2) is 55.0 Å². The molecule has 0 aromatic heterocycles. The van der Waals surface area contributed by atoms with Crippen LogP contribution in [0.25, 0.3) is 0 Å². The van der Waals surface area contributed by atoms with Crippen molar-refractivity contribution in [2.24, 2.45) is 0 Å². The quantitative estimate of drug-likeness (QED) is 0.898. The summed E-state index contributed by atoms with van der Waals surface area (Å²) < 4.78 is 0. The molecular formula is C16H25N3O. The molecule has 0 radical (unpaired) electrons. The molecule has 20 heavy (non-hydrogen) atoms. The standard InChI is InChI=1S/C16H25N3O/c1-13-4-6-15(7-5-13)11-18(3)16(20)12-19-9-8-17-14(2)10-19/h4-7,14,17H,8-12H2,1-3H3. The number of hydrogen-bond acceptors (Lipinski definition) is 3. The fraction of sp³-hybridized carbons (Fsp3) is 0.562. The molecule has 0 bridgehead atoms. The number of piperazine rings is 1. The monoisotopic (exact) mass is 275 g/mol. The third-order valence-electron chi connectivity index (χ3n) is 3.78. The number of rotatable bonds is 4. The van der Waals surface area contributed by atoms with Crippen molar-refractivity contribution in [2.75, 3.05) is 33.2 Å². The highest BCUT2D eigenvalue weighted by molar-refractivity contribution is 5.78. The minimum absolute atomic E-state index is 0.194. The summed E-state index contributed by atoms with van der Waals surface area (Å²) in [5.74, 6) is 0.194. The van der Waals surface area contributed by atoms with Gasteiger partial charge in [-0.05, 0) is 19.4 Å². The van der Waals surface area contributed by atoms with Gasteiger partial charge < -0.3 is 10.2 Å². The summed E-state index contributed by atoms with van der Waals surface area (Å²) in [5, 5.41) is 3.39. The minimum Gasteiger partial charge on any atom is -0.340 e. The summed E-state index contributed by atoms with van der Waals surface area (Å²) in [6, 6.07) is 8.83. The van der Waals surface area contributed by atoms with Gasteiger partial charge in [0, 0.05) is 39.3 Å². The second kappa shape index (κ2) is 6.86. The van der Waals surface area contributed by atoms with Crippen LogP contribution in [0, 0.1) is 6.92 Å². The van der Waals surface area contributed by atoms with Gasteiger partial charge in [-0.3, -0.25) is 9.69 Å². The SMILES string of the molecule is Cc1ccc(CN(C)C(=O)CN2CCNC(C)C2)cc1. The molecule has 1 heterocycles. The second-order valence-corrected chi connectivity index (χ2v) is 5.83. The smallest absolute Gasteiger partial charge is 0.236 e. The second-order valence-electron chi connectivity index (χ2n) is 5.83. The predicted octanol–water partition coefficient (Wildman–Crippen LogP) is 1.25. The lowest BCUT2D eigenvalue weighted by Gasteiger charge is -2.32. The van der Waals surface area contributed by atoms with Crippen molar-refractivity contribution in [2.45, 2.75) is 26.4 Å². The van der Waals surface area contributed by atoms with E-state index in [1.165, 1.54) is 11.1 Å². The van der Waals surface area contributed by atoms with Gasteiger partial charge in [0.25, 0.3) is 0 Å². The van der Waals surface area contributed by atoms with Crippen molar-refractivity contribution in [1.29, 1.82) is 0 Å². The van der Waals surface area contributed by atoms with Gasteiger partial charge in [-0.1, -0.05) is 29.8 Å². The van der Waals surface area contributed by atoms with Crippen molar-refractivity contribution in [1.82, 2.24) is 15.1 Å². The summed E-state index contributed by atoms with van der Waals surface area (Å²) in [7, 11) is 1.88. The summed E-state index contributed by atoms with van der Waals surface area (Å²) in [6.45, 7) is 8.31. The largest absolute Gasteiger partial charge is 0.340 e. The number of carbonyl (C=O) groups is 1. The molecule has 0 spiro atoms. The molecular weight excluding hydrogens is 250 g/mol. The molecule has 1 amide bonds. The zero-order valence-corrected chi connectivity index (χ0v) is 12.7. The van der Waals surface area contributed by atoms with Crippen LogP contribution in [0.3, 0.4) is 0 Å². The van der Waals surface area contributed by atoms with Gasteiger partial charge in [0.2, 0.25) is 5.91 Å². The first-order valence-electron chi connectivity index (χ1n) is 7.30. The van der Waals surface area contributed by atoms with Crippen LogP contribution in [0.5, 0.6) is 0 Å². The van der Waals surface area contributed by atoms with E-state index in [9.17, 15) is 4.79 Å². The first kappa shape index (κ1) is 15.0. The van der Waals surface area contributed by atoms with E-state index in [4.69, 9.17) is 0 Å². The zero-order chi connectivity index (χ0) is 14.5. The van der Waals surface area contributed by atoms with Gasteiger partial charge in [0.15, 0.2) is 0 Å². The van der Waals surface area contributed by atoms with Gasteiger partial charge in [-0.15, -0.1) is 0 Å². The molecule has 4 nitrogen and oxygen atoms in total. The zero-order valence-electron chi connectivity index (χ0n) is 12.7. The molecule has 4 heteroatoms. The number of carbonyl (C=O) groups excluding carboxylic acids is 1. The maximum atomic E-state index is 12.3. The molecule has 1 atom stereocenters. The van der Waals surface area contributed by atoms with Gasteiger partial charge in [-0.25, -0.2) is 0 Å². The van der Waals surface area contributed by atoms with Crippen LogP contribution in [0.1, 0.15) is 18.1 Å². The molecule has 1 fully saturated rings. The van der Waals surface area contributed by atoms with Crippen molar-refractivity contribution in [3.8, 4) is 0 Å². The van der Waals surface area contributed by atoms with Crippen LogP contribution in [-0.2, 0) is 11.3 Å². The topological polar surface area (TPSA) is 35.6 Å². The van der Waals surface area contributed by atoms with E-state index in [1.807, 2.05) is 11.9 Å². The van der Waals surface area contributed by atoms with Gasteiger partial charge in [0.1, 0.15) is 0 Å². The van der Waals surface area contributed by atoms with E-state index in [-0.39, 0.29) is 5.91 Å². The van der Waals surface area contributed by atoms with Crippen molar-refractivity contribution in [3.63, 3.8) is 0 Å². The van der Waals surface area contributed by atoms with Crippen molar-refractivity contribution in [3.05, 3.63) is 35.4 Å². The summed E-state index contributed by atoms with van der Waals surface area (Å²) in [6.07, 6.45) is 0. The third-order valence-corrected chi connectivity index (χ3v) is 3.78. The first-order chi connectivity index (χ1) is 9.54. The number of hydrogen-bond donors (Lipinski definition) is 1. The highest BCUT2D eigenvalue weighted by Crippen LogP contribution is 2.07. The Bertz CT molecular complexity index is 444. The number of likely N-dealkylation sites (N-methyl/N-ethyl adjacent to an activating group) is 1. The van der Waals surface area contributed by atoms with E-state index >= 15 is 0 Å². The lowest BCUT2D eigenvalue weighted by atomic mass is 10.1. The molecule has 0 saturated carbocycles. The highest BCUT2D eigenvalue weighted by atomic mass is 16.2. The molecule has 1 aromatic carbocycles.